The first-order valence-corrected chi connectivity index (χ1v) is 6.04. The number of aromatic carboxylic acids is 1. The second-order valence-corrected chi connectivity index (χ2v) is 4.42. The molecule has 0 saturated carbocycles. The second kappa shape index (κ2) is 5.81. The Bertz CT molecular complexity index is 623. The number of aromatic nitrogens is 1. The fraction of sp³-hybridized carbons (Fsp3) is 0.286. The molecule has 0 unspecified atom stereocenters. The van der Waals surface area contributed by atoms with E-state index in [1.807, 2.05) is 31.2 Å². The van der Waals surface area contributed by atoms with E-state index in [1.54, 1.807) is 0 Å². The Balaban J connectivity index is 2.14. The first kappa shape index (κ1) is 14.2. The van der Waals surface area contributed by atoms with Crippen molar-refractivity contribution in [3.63, 3.8) is 0 Å². The summed E-state index contributed by atoms with van der Waals surface area (Å²) in [5, 5.41) is 8.78. The monoisotopic (exact) mass is 281 g/mol. The summed E-state index contributed by atoms with van der Waals surface area (Å²) in [6, 6.07) is 7.72. The quantitative estimate of drug-likeness (QED) is 0.912. The van der Waals surface area contributed by atoms with E-state index >= 15 is 0 Å². The number of aryl methyl sites for hydroxylation is 3. The highest BCUT2D eigenvalue weighted by molar-refractivity contribution is 5.85. The number of rotatable bonds is 5. The molecule has 6 heteroatoms. The van der Waals surface area contributed by atoms with Crippen LogP contribution in [0.2, 0.25) is 0 Å². The maximum absolute atomic E-state index is 12.6. The molecule has 0 amide bonds. The van der Waals surface area contributed by atoms with E-state index in [0.29, 0.717) is 6.42 Å². The van der Waals surface area contributed by atoms with E-state index < -0.39 is 23.8 Å². The predicted molar refractivity (Wildman–Crippen MR) is 67.0 cm³/mol. The lowest BCUT2D eigenvalue weighted by Gasteiger charge is -2.00. The number of carboxylic acid groups (broad SMARTS) is 1. The maximum atomic E-state index is 12.6. The number of benzene rings is 1. The average molecular weight is 281 g/mol. The lowest BCUT2D eigenvalue weighted by Crippen LogP contribution is -1.99. The highest BCUT2D eigenvalue weighted by atomic mass is 19.3. The Morgan fingerprint density at radius 2 is 2.15 bits per heavy atom. The van der Waals surface area contributed by atoms with Gasteiger partial charge in [-0.1, -0.05) is 29.8 Å². The molecule has 1 aromatic heterocycles. The molecule has 0 saturated heterocycles. The average Bonchev–Trinajstić information content (AvgIpc) is 2.81. The predicted octanol–water partition coefficient (Wildman–Crippen LogP) is 3.40. The van der Waals surface area contributed by atoms with E-state index in [1.165, 1.54) is 0 Å². The van der Waals surface area contributed by atoms with E-state index in [0.717, 1.165) is 11.1 Å². The molecule has 1 heterocycles. The second-order valence-electron chi connectivity index (χ2n) is 4.42. The van der Waals surface area contributed by atoms with Gasteiger partial charge in [0.05, 0.1) is 0 Å². The largest absolute Gasteiger partial charge is 0.475 e. The number of hydrogen-bond donors (Lipinski definition) is 1. The zero-order chi connectivity index (χ0) is 14.7. The van der Waals surface area contributed by atoms with Crippen molar-refractivity contribution >= 4 is 5.97 Å². The van der Waals surface area contributed by atoms with Crippen molar-refractivity contribution in [1.29, 1.82) is 0 Å². The SMILES string of the molecule is Cc1cccc(CCc2nc(C(F)F)c(C(=O)O)o2)c1. The Morgan fingerprint density at radius 3 is 2.70 bits per heavy atom. The van der Waals surface area contributed by atoms with Crippen molar-refractivity contribution in [1.82, 2.24) is 4.98 Å². The van der Waals surface area contributed by atoms with Crippen LogP contribution in [-0.4, -0.2) is 16.1 Å². The fourth-order valence-corrected chi connectivity index (χ4v) is 1.90. The highest BCUT2D eigenvalue weighted by Crippen LogP contribution is 2.24. The van der Waals surface area contributed by atoms with Crippen LogP contribution in [0, 0.1) is 6.92 Å². The molecule has 2 aromatic rings. The fourth-order valence-electron chi connectivity index (χ4n) is 1.90. The number of alkyl halides is 2. The molecule has 0 aliphatic rings. The topological polar surface area (TPSA) is 63.3 Å². The van der Waals surface area contributed by atoms with Gasteiger partial charge in [-0.05, 0) is 18.9 Å². The third-order valence-corrected chi connectivity index (χ3v) is 2.81. The number of carbonyl (C=O) groups is 1. The van der Waals surface area contributed by atoms with Gasteiger partial charge in [-0.2, -0.15) is 0 Å². The molecule has 106 valence electrons. The van der Waals surface area contributed by atoms with Crippen LogP contribution < -0.4 is 0 Å². The summed E-state index contributed by atoms with van der Waals surface area (Å²) in [6.45, 7) is 1.95. The molecule has 4 nitrogen and oxygen atoms in total. The van der Waals surface area contributed by atoms with Crippen LogP contribution in [0.5, 0.6) is 0 Å². The Labute approximate surface area is 114 Å². The lowest BCUT2D eigenvalue weighted by molar-refractivity contribution is 0.0644. The standard InChI is InChI=1S/C14H13F2NO3/c1-8-3-2-4-9(7-8)5-6-10-17-11(13(15)16)12(20-10)14(18)19/h2-4,7,13H,5-6H2,1H3,(H,18,19). The Hall–Kier alpha value is -2.24. The van der Waals surface area contributed by atoms with Gasteiger partial charge < -0.3 is 9.52 Å². The normalized spacial score (nSPS) is 11.0. The van der Waals surface area contributed by atoms with Gasteiger partial charge in [0.25, 0.3) is 6.43 Å². The molecule has 20 heavy (non-hydrogen) atoms. The van der Waals surface area contributed by atoms with Gasteiger partial charge in [0, 0.05) is 6.42 Å². The molecule has 0 aliphatic heterocycles. The van der Waals surface area contributed by atoms with Gasteiger partial charge in [0.15, 0.2) is 11.6 Å². The van der Waals surface area contributed by atoms with Gasteiger partial charge in [-0.3, -0.25) is 0 Å². The van der Waals surface area contributed by atoms with Crippen LogP contribution in [0.4, 0.5) is 8.78 Å². The smallest absolute Gasteiger partial charge is 0.374 e. The van der Waals surface area contributed by atoms with Crippen LogP contribution in [0.15, 0.2) is 28.7 Å². The van der Waals surface area contributed by atoms with Crippen molar-refractivity contribution < 1.29 is 23.1 Å². The zero-order valence-corrected chi connectivity index (χ0v) is 10.8. The van der Waals surface area contributed by atoms with Crippen molar-refractivity contribution in [2.24, 2.45) is 0 Å². The molecule has 2 rings (SSSR count). The summed E-state index contributed by atoms with van der Waals surface area (Å²) in [4.78, 5) is 14.4. The van der Waals surface area contributed by atoms with Gasteiger partial charge in [-0.15, -0.1) is 0 Å². The van der Waals surface area contributed by atoms with E-state index in [-0.39, 0.29) is 12.3 Å². The number of carboxylic acids is 1. The molecule has 0 aliphatic carbocycles. The summed E-state index contributed by atoms with van der Waals surface area (Å²) < 4.78 is 30.2. The van der Waals surface area contributed by atoms with E-state index in [4.69, 9.17) is 9.52 Å². The first-order valence-electron chi connectivity index (χ1n) is 6.04. The number of hydrogen-bond acceptors (Lipinski definition) is 3. The van der Waals surface area contributed by atoms with Gasteiger partial charge >= 0.3 is 5.97 Å². The molecule has 1 N–H and O–H groups in total. The molecule has 1 aromatic carbocycles. The highest BCUT2D eigenvalue weighted by Gasteiger charge is 2.25. The van der Waals surface area contributed by atoms with Crippen molar-refractivity contribution in [3.05, 3.63) is 52.7 Å². The molecule has 0 radical (unpaired) electrons. The maximum Gasteiger partial charge on any atom is 0.374 e. The van der Waals surface area contributed by atoms with Crippen molar-refractivity contribution in [3.8, 4) is 0 Å². The van der Waals surface area contributed by atoms with Crippen LogP contribution >= 0.6 is 0 Å². The summed E-state index contributed by atoms with van der Waals surface area (Å²) in [7, 11) is 0. The zero-order valence-electron chi connectivity index (χ0n) is 10.8. The third kappa shape index (κ3) is 3.20. The number of halogens is 2. The van der Waals surface area contributed by atoms with Crippen molar-refractivity contribution in [2.75, 3.05) is 0 Å². The number of nitrogens with zero attached hydrogens (tertiary/aromatic N) is 1. The Kier molecular flexibility index (Phi) is 4.12. The minimum atomic E-state index is -2.96. The molecular weight excluding hydrogens is 268 g/mol. The first-order chi connectivity index (χ1) is 9.47. The van der Waals surface area contributed by atoms with Gasteiger partial charge in [-0.25, -0.2) is 18.6 Å². The van der Waals surface area contributed by atoms with Crippen LogP contribution in [0.1, 0.15) is 39.7 Å². The molecule has 0 fully saturated rings. The lowest BCUT2D eigenvalue weighted by atomic mass is 10.1. The van der Waals surface area contributed by atoms with Gasteiger partial charge in [0.2, 0.25) is 5.76 Å². The molecule has 0 bridgehead atoms. The minimum absolute atomic E-state index is 0.0132. The molecular formula is C14H13F2NO3. The summed E-state index contributed by atoms with van der Waals surface area (Å²) >= 11 is 0. The minimum Gasteiger partial charge on any atom is -0.475 e. The van der Waals surface area contributed by atoms with Gasteiger partial charge in [0.1, 0.15) is 0 Å². The van der Waals surface area contributed by atoms with Crippen molar-refractivity contribution in [2.45, 2.75) is 26.2 Å². The summed E-state index contributed by atoms with van der Waals surface area (Å²) in [5.74, 6) is -2.30. The molecule has 0 atom stereocenters. The van der Waals surface area contributed by atoms with Crippen LogP contribution in [-0.2, 0) is 12.8 Å². The van der Waals surface area contributed by atoms with Crippen LogP contribution in [0.3, 0.4) is 0 Å². The molecule has 0 spiro atoms. The summed E-state index contributed by atoms with van der Waals surface area (Å²) in [6.07, 6.45) is -2.14. The van der Waals surface area contributed by atoms with E-state index in [2.05, 4.69) is 4.98 Å². The summed E-state index contributed by atoms with van der Waals surface area (Å²) in [5.41, 5.74) is 1.30. The van der Waals surface area contributed by atoms with E-state index in [9.17, 15) is 13.6 Å². The Morgan fingerprint density at radius 1 is 1.40 bits per heavy atom. The third-order valence-electron chi connectivity index (χ3n) is 2.81. The number of oxazole rings is 1. The van der Waals surface area contributed by atoms with Crippen LogP contribution in [0.25, 0.3) is 0 Å².